The molecule has 0 bridgehead atoms. The Hall–Kier alpha value is -0.370. The van der Waals surface area contributed by atoms with Gasteiger partial charge in [-0.2, -0.15) is 0 Å². The van der Waals surface area contributed by atoms with Gasteiger partial charge in [0.05, 0.1) is 6.10 Å². The minimum atomic E-state index is -0.123. The van der Waals surface area contributed by atoms with Gasteiger partial charge in [-0.3, -0.25) is 4.79 Å². The highest BCUT2D eigenvalue weighted by Crippen LogP contribution is 2.40. The smallest absolute Gasteiger partial charge is 0.133 e. The Morgan fingerprint density at radius 1 is 1.18 bits per heavy atom. The highest BCUT2D eigenvalue weighted by molar-refractivity contribution is 5.81. The molecule has 3 atom stereocenters. The molecule has 11 heavy (non-hydrogen) atoms. The summed E-state index contributed by atoms with van der Waals surface area (Å²) < 4.78 is 0. The lowest BCUT2D eigenvalue weighted by Crippen LogP contribution is -2.23. The van der Waals surface area contributed by atoms with Crippen molar-refractivity contribution >= 4 is 5.78 Å². The van der Waals surface area contributed by atoms with Gasteiger partial charge in [0.1, 0.15) is 5.78 Å². The lowest BCUT2D eigenvalue weighted by Gasteiger charge is -2.27. The summed E-state index contributed by atoms with van der Waals surface area (Å²) in [5.74, 6) is 1.55. The van der Waals surface area contributed by atoms with E-state index in [0.29, 0.717) is 17.6 Å². The summed E-state index contributed by atoms with van der Waals surface area (Å²) in [5.41, 5.74) is 0. The summed E-state index contributed by atoms with van der Waals surface area (Å²) >= 11 is 0. The van der Waals surface area contributed by atoms with E-state index in [-0.39, 0.29) is 6.10 Å². The molecule has 0 aromatic heterocycles. The number of rotatable bonds is 0. The van der Waals surface area contributed by atoms with Crippen molar-refractivity contribution in [2.45, 2.75) is 38.2 Å². The monoisotopic (exact) mass is 154 g/mol. The second-order valence-electron chi connectivity index (χ2n) is 3.93. The van der Waals surface area contributed by atoms with Gasteiger partial charge in [0, 0.05) is 12.8 Å². The number of carbonyl (C=O) groups is 1. The van der Waals surface area contributed by atoms with Crippen LogP contribution in [-0.4, -0.2) is 17.0 Å². The Balaban J connectivity index is 2.02. The average Bonchev–Trinajstić information content (AvgIpc) is 2.27. The lowest BCUT2D eigenvalue weighted by molar-refractivity contribution is -0.117. The summed E-state index contributed by atoms with van der Waals surface area (Å²) in [5, 5.41) is 9.33. The first kappa shape index (κ1) is 7.29. The van der Waals surface area contributed by atoms with Gasteiger partial charge in [-0.1, -0.05) is 0 Å². The van der Waals surface area contributed by atoms with Crippen LogP contribution in [0.15, 0.2) is 0 Å². The van der Waals surface area contributed by atoms with Gasteiger partial charge >= 0.3 is 0 Å². The Morgan fingerprint density at radius 2 is 1.91 bits per heavy atom. The van der Waals surface area contributed by atoms with Crippen molar-refractivity contribution in [3.63, 3.8) is 0 Å². The molecular formula is C9H14O2. The molecule has 0 radical (unpaired) electrons. The van der Waals surface area contributed by atoms with E-state index in [1.807, 2.05) is 0 Å². The molecule has 0 saturated heterocycles. The summed E-state index contributed by atoms with van der Waals surface area (Å²) in [7, 11) is 0. The van der Waals surface area contributed by atoms with Gasteiger partial charge in [-0.25, -0.2) is 0 Å². The van der Waals surface area contributed by atoms with Crippen molar-refractivity contribution in [1.82, 2.24) is 0 Å². The molecule has 2 fully saturated rings. The van der Waals surface area contributed by atoms with E-state index in [2.05, 4.69) is 0 Å². The molecule has 2 heteroatoms. The van der Waals surface area contributed by atoms with E-state index in [1.54, 1.807) is 0 Å². The maximum Gasteiger partial charge on any atom is 0.133 e. The molecule has 2 aliphatic rings. The Bertz CT molecular complexity index is 176. The third kappa shape index (κ3) is 1.32. The predicted octanol–water partition coefficient (Wildman–Crippen LogP) is 1.13. The molecule has 62 valence electrons. The number of fused-ring (bicyclic) bond motifs is 1. The first-order valence-electron chi connectivity index (χ1n) is 4.45. The molecule has 0 aromatic rings. The number of hydrogen-bond donors (Lipinski definition) is 1. The number of carbonyl (C=O) groups excluding carboxylic acids is 1. The highest BCUT2D eigenvalue weighted by Gasteiger charge is 2.37. The van der Waals surface area contributed by atoms with E-state index in [0.717, 1.165) is 32.1 Å². The minimum absolute atomic E-state index is 0.123. The molecule has 1 N–H and O–H groups in total. The van der Waals surface area contributed by atoms with Gasteiger partial charge in [-0.05, 0) is 31.1 Å². The lowest BCUT2D eigenvalue weighted by atomic mass is 9.80. The Kier molecular flexibility index (Phi) is 1.72. The van der Waals surface area contributed by atoms with Crippen LogP contribution in [0.2, 0.25) is 0 Å². The average molecular weight is 154 g/mol. The number of Topliss-reactive ketones (excluding diaryl/α,β-unsaturated/α-hetero) is 1. The van der Waals surface area contributed by atoms with E-state index >= 15 is 0 Å². The van der Waals surface area contributed by atoms with Crippen LogP contribution in [0.3, 0.4) is 0 Å². The summed E-state index contributed by atoms with van der Waals surface area (Å²) in [6.07, 6.45) is 4.25. The zero-order valence-electron chi connectivity index (χ0n) is 6.62. The molecule has 0 spiro atoms. The third-order valence-corrected chi connectivity index (χ3v) is 3.09. The number of aliphatic hydroxyl groups is 1. The van der Waals surface area contributed by atoms with Gasteiger partial charge in [0.15, 0.2) is 0 Å². The Labute approximate surface area is 66.6 Å². The fraction of sp³-hybridized carbons (Fsp3) is 0.889. The largest absolute Gasteiger partial charge is 0.393 e. The first-order valence-corrected chi connectivity index (χ1v) is 4.45. The summed E-state index contributed by atoms with van der Waals surface area (Å²) in [4.78, 5) is 11.0. The molecular weight excluding hydrogens is 140 g/mol. The van der Waals surface area contributed by atoms with E-state index in [9.17, 15) is 9.90 Å². The van der Waals surface area contributed by atoms with Crippen LogP contribution >= 0.6 is 0 Å². The highest BCUT2D eigenvalue weighted by atomic mass is 16.3. The fourth-order valence-electron chi connectivity index (χ4n) is 2.49. The van der Waals surface area contributed by atoms with Crippen LogP contribution in [0.5, 0.6) is 0 Å². The zero-order chi connectivity index (χ0) is 7.84. The van der Waals surface area contributed by atoms with Crippen LogP contribution < -0.4 is 0 Å². The molecule has 0 aliphatic heterocycles. The number of hydrogen-bond acceptors (Lipinski definition) is 2. The van der Waals surface area contributed by atoms with Crippen molar-refractivity contribution in [2.24, 2.45) is 11.8 Å². The molecule has 0 aromatic carbocycles. The van der Waals surface area contributed by atoms with Crippen LogP contribution in [0.4, 0.5) is 0 Å². The quantitative estimate of drug-likeness (QED) is 0.568. The van der Waals surface area contributed by atoms with E-state index in [4.69, 9.17) is 0 Å². The van der Waals surface area contributed by atoms with E-state index < -0.39 is 0 Å². The van der Waals surface area contributed by atoms with Crippen LogP contribution in [0.25, 0.3) is 0 Å². The van der Waals surface area contributed by atoms with Crippen molar-refractivity contribution in [1.29, 1.82) is 0 Å². The Morgan fingerprint density at radius 3 is 2.73 bits per heavy atom. The summed E-state index contributed by atoms with van der Waals surface area (Å²) in [6, 6.07) is 0. The first-order chi connectivity index (χ1) is 5.25. The molecule has 2 nitrogen and oxygen atoms in total. The number of aliphatic hydroxyl groups excluding tert-OH is 1. The van der Waals surface area contributed by atoms with Crippen LogP contribution in [0.1, 0.15) is 32.1 Å². The van der Waals surface area contributed by atoms with Crippen molar-refractivity contribution < 1.29 is 9.90 Å². The second kappa shape index (κ2) is 2.59. The normalized spacial score (nSPS) is 44.1. The molecule has 0 amide bonds. The standard InChI is InChI=1S/C9H14O2/c10-8-2-1-6-3-9(11)5-7(6)4-8/h6-8,10H,1-5H2. The van der Waals surface area contributed by atoms with Crippen molar-refractivity contribution in [3.05, 3.63) is 0 Å². The van der Waals surface area contributed by atoms with Gasteiger partial charge in [0.2, 0.25) is 0 Å². The van der Waals surface area contributed by atoms with Gasteiger partial charge in [-0.15, -0.1) is 0 Å². The van der Waals surface area contributed by atoms with Crippen LogP contribution in [-0.2, 0) is 4.79 Å². The molecule has 3 unspecified atom stereocenters. The second-order valence-corrected chi connectivity index (χ2v) is 3.93. The topological polar surface area (TPSA) is 37.3 Å². The van der Waals surface area contributed by atoms with Gasteiger partial charge < -0.3 is 5.11 Å². The maximum absolute atomic E-state index is 11.0. The fourth-order valence-corrected chi connectivity index (χ4v) is 2.49. The predicted molar refractivity (Wildman–Crippen MR) is 41.1 cm³/mol. The van der Waals surface area contributed by atoms with Crippen molar-refractivity contribution in [3.8, 4) is 0 Å². The third-order valence-electron chi connectivity index (χ3n) is 3.09. The number of ketones is 1. The molecule has 2 rings (SSSR count). The van der Waals surface area contributed by atoms with Crippen LogP contribution in [0, 0.1) is 11.8 Å². The maximum atomic E-state index is 11.0. The summed E-state index contributed by atoms with van der Waals surface area (Å²) in [6.45, 7) is 0. The van der Waals surface area contributed by atoms with E-state index in [1.165, 1.54) is 0 Å². The van der Waals surface area contributed by atoms with Crippen molar-refractivity contribution in [2.75, 3.05) is 0 Å². The van der Waals surface area contributed by atoms with Gasteiger partial charge in [0.25, 0.3) is 0 Å². The minimum Gasteiger partial charge on any atom is -0.393 e. The molecule has 2 aliphatic carbocycles. The molecule has 0 heterocycles. The zero-order valence-corrected chi connectivity index (χ0v) is 6.62. The SMILES string of the molecule is O=C1CC2CCC(O)CC2C1. The molecule has 2 saturated carbocycles.